The second kappa shape index (κ2) is 6.35. The number of nitrogen functional groups attached to an aromatic ring is 1. The van der Waals surface area contributed by atoms with Crippen molar-refractivity contribution in [1.29, 1.82) is 0 Å². The highest BCUT2D eigenvalue weighted by molar-refractivity contribution is 5.96. The van der Waals surface area contributed by atoms with Gasteiger partial charge in [-0.1, -0.05) is 13.3 Å². The Morgan fingerprint density at radius 1 is 1.45 bits per heavy atom. The molecule has 0 saturated carbocycles. The van der Waals surface area contributed by atoms with Gasteiger partial charge >= 0.3 is 0 Å². The molecule has 110 valence electrons. The average molecular weight is 275 g/mol. The van der Waals surface area contributed by atoms with Crippen molar-refractivity contribution >= 4 is 11.6 Å². The lowest BCUT2D eigenvalue weighted by Gasteiger charge is -2.27. The van der Waals surface area contributed by atoms with Gasteiger partial charge in [-0.15, -0.1) is 0 Å². The number of likely N-dealkylation sites (tertiary alicyclic amines) is 1. The Hall–Kier alpha value is -1.42. The Labute approximate surface area is 121 Å². The minimum atomic E-state index is 0.107. The molecule has 0 aromatic carbocycles. The van der Waals surface area contributed by atoms with Crippen molar-refractivity contribution in [3.05, 3.63) is 22.9 Å². The van der Waals surface area contributed by atoms with Gasteiger partial charge in [0.1, 0.15) is 11.5 Å². The molecular weight excluding hydrogens is 250 g/mol. The third-order valence-corrected chi connectivity index (χ3v) is 4.28. The number of aryl methyl sites for hydroxylation is 1. The Bertz CT molecular complexity index is 491. The summed E-state index contributed by atoms with van der Waals surface area (Å²) in [7, 11) is 2.10. The summed E-state index contributed by atoms with van der Waals surface area (Å²) in [6.45, 7) is 6.09. The molecule has 1 fully saturated rings. The molecular formula is C16H25N3O. The van der Waals surface area contributed by atoms with Crippen molar-refractivity contribution in [3.63, 3.8) is 0 Å². The highest BCUT2D eigenvalue weighted by Gasteiger charge is 2.26. The number of Topliss-reactive ketones (excluding diaryl/α,β-unsaturated/α-hetero) is 1. The smallest absolute Gasteiger partial charge is 0.184 e. The van der Waals surface area contributed by atoms with Gasteiger partial charge in [-0.25, -0.2) is 4.98 Å². The van der Waals surface area contributed by atoms with Gasteiger partial charge in [0, 0.05) is 5.92 Å². The maximum atomic E-state index is 12.6. The molecule has 1 aliphatic heterocycles. The summed E-state index contributed by atoms with van der Waals surface area (Å²) < 4.78 is 0. The second-order valence-corrected chi connectivity index (χ2v) is 5.87. The SMILES string of the molecule is CCCc1cc(C(=O)C2CCN(C)CC2)nc(N)c1C. The molecule has 0 unspecified atom stereocenters. The van der Waals surface area contributed by atoms with Crippen LogP contribution in [0.3, 0.4) is 0 Å². The zero-order valence-corrected chi connectivity index (χ0v) is 12.8. The summed E-state index contributed by atoms with van der Waals surface area (Å²) in [5, 5.41) is 0. The van der Waals surface area contributed by atoms with Crippen molar-refractivity contribution in [2.24, 2.45) is 5.92 Å². The number of ketones is 1. The summed E-state index contributed by atoms with van der Waals surface area (Å²) in [6.07, 6.45) is 3.85. The maximum Gasteiger partial charge on any atom is 0.184 e. The van der Waals surface area contributed by atoms with E-state index in [1.165, 1.54) is 0 Å². The number of nitrogens with two attached hydrogens (primary N) is 1. The second-order valence-electron chi connectivity index (χ2n) is 5.87. The van der Waals surface area contributed by atoms with Crippen LogP contribution in [0.4, 0.5) is 5.82 Å². The first-order valence-electron chi connectivity index (χ1n) is 7.51. The lowest BCUT2D eigenvalue weighted by atomic mass is 9.90. The summed E-state index contributed by atoms with van der Waals surface area (Å²) in [5.41, 5.74) is 8.71. The molecule has 0 spiro atoms. The fourth-order valence-corrected chi connectivity index (χ4v) is 2.82. The van der Waals surface area contributed by atoms with Crippen LogP contribution in [-0.4, -0.2) is 35.8 Å². The van der Waals surface area contributed by atoms with Gasteiger partial charge in [-0.2, -0.15) is 0 Å². The minimum absolute atomic E-state index is 0.107. The van der Waals surface area contributed by atoms with E-state index in [9.17, 15) is 4.79 Å². The van der Waals surface area contributed by atoms with Gasteiger partial charge in [0.15, 0.2) is 5.78 Å². The van der Waals surface area contributed by atoms with E-state index in [2.05, 4.69) is 23.9 Å². The molecule has 0 aliphatic carbocycles. The molecule has 2 N–H and O–H groups in total. The number of piperidine rings is 1. The first-order chi connectivity index (χ1) is 9.52. The topological polar surface area (TPSA) is 59.2 Å². The van der Waals surface area contributed by atoms with Crippen LogP contribution in [-0.2, 0) is 6.42 Å². The van der Waals surface area contributed by atoms with Crippen LogP contribution in [0.15, 0.2) is 6.07 Å². The minimum Gasteiger partial charge on any atom is -0.383 e. The Balaban J connectivity index is 2.21. The molecule has 2 heterocycles. The lowest BCUT2D eigenvalue weighted by Crippen LogP contribution is -2.34. The van der Waals surface area contributed by atoms with Crippen LogP contribution in [0, 0.1) is 12.8 Å². The molecule has 1 aliphatic rings. The number of carbonyl (C=O) groups excluding carboxylic acids is 1. The third-order valence-electron chi connectivity index (χ3n) is 4.28. The Kier molecular flexibility index (Phi) is 4.76. The van der Waals surface area contributed by atoms with Crippen LogP contribution >= 0.6 is 0 Å². The van der Waals surface area contributed by atoms with E-state index in [-0.39, 0.29) is 11.7 Å². The molecule has 0 bridgehead atoms. The number of hydrogen-bond acceptors (Lipinski definition) is 4. The first-order valence-corrected chi connectivity index (χ1v) is 7.51. The number of hydrogen-bond donors (Lipinski definition) is 1. The van der Waals surface area contributed by atoms with Gasteiger partial charge in [-0.3, -0.25) is 4.79 Å². The summed E-state index contributed by atoms with van der Waals surface area (Å²) in [4.78, 5) is 19.2. The summed E-state index contributed by atoms with van der Waals surface area (Å²) >= 11 is 0. The van der Waals surface area contributed by atoms with Crippen molar-refractivity contribution in [3.8, 4) is 0 Å². The van der Waals surface area contributed by atoms with Crippen LogP contribution < -0.4 is 5.73 Å². The molecule has 4 heteroatoms. The molecule has 2 rings (SSSR count). The van der Waals surface area contributed by atoms with Gasteiger partial charge in [0.25, 0.3) is 0 Å². The van der Waals surface area contributed by atoms with E-state index < -0.39 is 0 Å². The normalized spacial score (nSPS) is 17.4. The van der Waals surface area contributed by atoms with E-state index in [1.54, 1.807) is 0 Å². The van der Waals surface area contributed by atoms with Crippen LogP contribution in [0.5, 0.6) is 0 Å². The number of pyridine rings is 1. The third kappa shape index (κ3) is 3.18. The monoisotopic (exact) mass is 275 g/mol. The van der Waals surface area contributed by atoms with E-state index in [0.717, 1.165) is 49.9 Å². The molecule has 20 heavy (non-hydrogen) atoms. The van der Waals surface area contributed by atoms with E-state index in [1.807, 2.05) is 13.0 Å². The lowest BCUT2D eigenvalue weighted by molar-refractivity contribution is 0.0851. The van der Waals surface area contributed by atoms with Gasteiger partial charge in [0.05, 0.1) is 0 Å². The highest BCUT2D eigenvalue weighted by Crippen LogP contribution is 2.23. The molecule has 1 aromatic rings. The van der Waals surface area contributed by atoms with Crippen LogP contribution in [0.25, 0.3) is 0 Å². The number of nitrogens with zero attached hydrogens (tertiary/aromatic N) is 2. The molecule has 0 radical (unpaired) electrons. The van der Waals surface area contributed by atoms with Crippen molar-refractivity contribution in [2.75, 3.05) is 25.9 Å². The average Bonchev–Trinajstić information content (AvgIpc) is 2.44. The predicted molar refractivity (Wildman–Crippen MR) is 81.9 cm³/mol. The zero-order valence-electron chi connectivity index (χ0n) is 12.8. The molecule has 0 amide bonds. The van der Waals surface area contributed by atoms with Gasteiger partial charge in [0.2, 0.25) is 0 Å². The standard InChI is InChI=1S/C16H25N3O/c1-4-5-13-10-14(18-16(17)11(13)2)15(20)12-6-8-19(3)9-7-12/h10,12H,4-9H2,1-3H3,(H2,17,18). The van der Waals surface area contributed by atoms with Crippen molar-refractivity contribution in [1.82, 2.24) is 9.88 Å². The van der Waals surface area contributed by atoms with Gasteiger partial charge in [-0.05, 0) is 63.5 Å². The Morgan fingerprint density at radius 3 is 2.70 bits per heavy atom. The van der Waals surface area contributed by atoms with Crippen molar-refractivity contribution in [2.45, 2.75) is 39.5 Å². The quantitative estimate of drug-likeness (QED) is 0.857. The molecule has 4 nitrogen and oxygen atoms in total. The number of anilines is 1. The van der Waals surface area contributed by atoms with E-state index >= 15 is 0 Å². The summed E-state index contributed by atoms with van der Waals surface area (Å²) in [6, 6.07) is 1.95. The van der Waals surface area contributed by atoms with Gasteiger partial charge < -0.3 is 10.6 Å². The van der Waals surface area contributed by atoms with Crippen molar-refractivity contribution < 1.29 is 4.79 Å². The molecule has 1 aromatic heterocycles. The van der Waals surface area contributed by atoms with E-state index in [0.29, 0.717) is 11.5 Å². The molecule has 0 atom stereocenters. The summed E-state index contributed by atoms with van der Waals surface area (Å²) in [5.74, 6) is 0.782. The van der Waals surface area contributed by atoms with Crippen LogP contribution in [0.2, 0.25) is 0 Å². The zero-order chi connectivity index (χ0) is 14.7. The highest BCUT2D eigenvalue weighted by atomic mass is 16.1. The fraction of sp³-hybridized carbons (Fsp3) is 0.625. The molecule has 1 saturated heterocycles. The maximum absolute atomic E-state index is 12.6. The number of aromatic nitrogens is 1. The predicted octanol–water partition coefficient (Wildman–Crippen LogP) is 2.45. The van der Waals surface area contributed by atoms with Crippen LogP contribution in [0.1, 0.15) is 47.8 Å². The largest absolute Gasteiger partial charge is 0.383 e. The number of carbonyl (C=O) groups is 1. The fourth-order valence-electron chi connectivity index (χ4n) is 2.82. The Morgan fingerprint density at radius 2 is 2.10 bits per heavy atom. The number of rotatable bonds is 4. The first kappa shape index (κ1) is 15.0. The van der Waals surface area contributed by atoms with E-state index in [4.69, 9.17) is 5.73 Å².